The molecule has 0 N–H and O–H groups in total. The minimum absolute atomic E-state index is 0.0221. The number of carbonyl (C=O) groups is 2. The highest BCUT2D eigenvalue weighted by molar-refractivity contribution is 6.03. The van der Waals surface area contributed by atoms with Crippen molar-refractivity contribution in [2.45, 2.75) is 71.4 Å². The highest BCUT2D eigenvalue weighted by Crippen LogP contribution is 2.31. The largest absolute Gasteiger partial charge is 0.466 e. The van der Waals surface area contributed by atoms with Crippen molar-refractivity contribution in [1.29, 1.82) is 0 Å². The van der Waals surface area contributed by atoms with E-state index in [-0.39, 0.29) is 31.7 Å². The summed E-state index contributed by atoms with van der Waals surface area (Å²) < 4.78 is 9.67. The molecule has 2 aromatic heterocycles. The van der Waals surface area contributed by atoms with Gasteiger partial charge in [0.15, 0.2) is 5.78 Å². The van der Waals surface area contributed by atoms with E-state index in [4.69, 9.17) is 14.7 Å². The summed E-state index contributed by atoms with van der Waals surface area (Å²) in [6.45, 7) is 4.30. The zero-order valence-corrected chi connectivity index (χ0v) is 32.1. The lowest BCUT2D eigenvalue weighted by Crippen LogP contribution is -2.24. The van der Waals surface area contributed by atoms with Crippen LogP contribution in [0, 0.1) is 27.2 Å². The quantitative estimate of drug-likeness (QED) is 0.0240. The molecule has 0 aliphatic rings. The van der Waals surface area contributed by atoms with Gasteiger partial charge in [0, 0.05) is 37.6 Å². The fourth-order valence-electron chi connectivity index (χ4n) is 7.03. The third kappa shape index (κ3) is 9.79. The zero-order valence-electron chi connectivity index (χ0n) is 32.1. The van der Waals surface area contributed by atoms with E-state index in [1.807, 2.05) is 49.5 Å². The van der Waals surface area contributed by atoms with E-state index in [0.717, 1.165) is 74.4 Å². The Bertz CT molecular complexity index is 2400. The van der Waals surface area contributed by atoms with E-state index >= 15 is 0 Å². The van der Waals surface area contributed by atoms with Crippen LogP contribution in [0.1, 0.15) is 72.8 Å². The Morgan fingerprint density at radius 3 is 2.35 bits per heavy atom. The van der Waals surface area contributed by atoms with Gasteiger partial charge in [0.05, 0.1) is 35.1 Å². The number of benzene rings is 4. The molecule has 57 heavy (non-hydrogen) atoms. The lowest BCUT2D eigenvalue weighted by atomic mass is 9.94. The number of para-hydroxylation sites is 2. The standard InChI is InChI=1S/C42H44N6O9/c1-4-11-39-44-41-28(2)24-31(42-43-35-15-7-8-16-36(35)45(42)3)25-37(41)46(39)26-29-17-19-30(20-18-29)33-13-5-6-14-34(33)38(49)21-22-40(50)55-23-10-9-12-32(57-48(53)54)27-56-47(51)52/h5-8,13-20,24-25,32H,4,9-12,21-23,26-27H2,1-3H3. The maximum atomic E-state index is 13.4. The Morgan fingerprint density at radius 2 is 1.61 bits per heavy atom. The summed E-state index contributed by atoms with van der Waals surface area (Å²) in [6, 6.07) is 27.9. The number of rotatable bonds is 20. The Balaban J connectivity index is 1.10. The highest BCUT2D eigenvalue weighted by Gasteiger charge is 2.19. The molecule has 6 aromatic rings. The third-order valence-electron chi connectivity index (χ3n) is 9.82. The van der Waals surface area contributed by atoms with Crippen molar-refractivity contribution in [2.75, 3.05) is 13.2 Å². The predicted molar refractivity (Wildman–Crippen MR) is 212 cm³/mol. The van der Waals surface area contributed by atoms with Crippen LogP contribution in [-0.2, 0) is 39.2 Å². The molecule has 0 aliphatic carbocycles. The van der Waals surface area contributed by atoms with Crippen LogP contribution < -0.4 is 0 Å². The first-order chi connectivity index (χ1) is 27.5. The van der Waals surface area contributed by atoms with Gasteiger partial charge < -0.3 is 23.5 Å². The molecule has 2 heterocycles. The molecule has 6 rings (SSSR count). The topological polar surface area (TPSA) is 184 Å². The number of aromatic nitrogens is 4. The molecule has 0 amide bonds. The number of fused-ring (bicyclic) bond motifs is 2. The third-order valence-corrected chi connectivity index (χ3v) is 9.82. The fourth-order valence-corrected chi connectivity index (χ4v) is 7.03. The number of ether oxygens (including phenoxy) is 1. The van der Waals surface area contributed by atoms with Gasteiger partial charge in [-0.05, 0) is 79.1 Å². The number of imidazole rings is 2. The second-order valence-corrected chi connectivity index (χ2v) is 13.9. The minimum Gasteiger partial charge on any atom is -0.466 e. The first-order valence-corrected chi connectivity index (χ1v) is 18.9. The summed E-state index contributed by atoms with van der Waals surface area (Å²) in [5.41, 5.74) is 9.39. The van der Waals surface area contributed by atoms with Gasteiger partial charge in [-0.1, -0.05) is 67.6 Å². The van der Waals surface area contributed by atoms with E-state index in [0.29, 0.717) is 24.9 Å². The van der Waals surface area contributed by atoms with Crippen molar-refractivity contribution in [1.82, 2.24) is 19.1 Å². The predicted octanol–water partition coefficient (Wildman–Crippen LogP) is 8.03. The molecule has 0 fully saturated rings. The van der Waals surface area contributed by atoms with Gasteiger partial charge in [-0.3, -0.25) is 9.59 Å². The molecule has 0 saturated heterocycles. The summed E-state index contributed by atoms with van der Waals surface area (Å²) >= 11 is 0. The van der Waals surface area contributed by atoms with Gasteiger partial charge in [0.25, 0.3) is 10.2 Å². The Morgan fingerprint density at radius 1 is 0.860 bits per heavy atom. The van der Waals surface area contributed by atoms with Crippen LogP contribution in [0.4, 0.5) is 0 Å². The van der Waals surface area contributed by atoms with E-state index in [2.05, 4.69) is 63.0 Å². The van der Waals surface area contributed by atoms with Crippen molar-refractivity contribution < 1.29 is 34.2 Å². The van der Waals surface area contributed by atoms with E-state index in [1.165, 1.54) is 0 Å². The molecule has 0 aliphatic heterocycles. The number of hydrogen-bond donors (Lipinski definition) is 0. The fraction of sp³-hybridized carbons (Fsp3) is 0.333. The first kappa shape index (κ1) is 40.0. The lowest BCUT2D eigenvalue weighted by molar-refractivity contribution is -0.790. The summed E-state index contributed by atoms with van der Waals surface area (Å²) in [7, 11) is 2.04. The second-order valence-electron chi connectivity index (χ2n) is 13.9. The summed E-state index contributed by atoms with van der Waals surface area (Å²) in [5.74, 6) is 1.17. The molecule has 1 atom stereocenters. The number of esters is 1. The minimum atomic E-state index is -1.12. The molecule has 296 valence electrons. The zero-order chi connectivity index (χ0) is 40.5. The maximum Gasteiger partial charge on any atom is 0.306 e. The van der Waals surface area contributed by atoms with Crippen molar-refractivity contribution in [2.24, 2.45) is 7.05 Å². The first-order valence-electron chi connectivity index (χ1n) is 18.9. The number of hydrogen-bond acceptors (Lipinski definition) is 11. The van der Waals surface area contributed by atoms with Crippen molar-refractivity contribution in [3.8, 4) is 22.5 Å². The molecule has 15 nitrogen and oxygen atoms in total. The van der Waals surface area contributed by atoms with Crippen molar-refractivity contribution >= 4 is 33.8 Å². The summed E-state index contributed by atoms with van der Waals surface area (Å²) in [5, 5.41) is 18.9. The van der Waals surface area contributed by atoms with Crippen molar-refractivity contribution in [3.05, 3.63) is 128 Å². The number of Topliss-reactive ketones (excluding diaryl/α,β-unsaturated/α-hetero) is 1. The highest BCUT2D eigenvalue weighted by atomic mass is 17.0. The molecule has 0 bridgehead atoms. The summed E-state index contributed by atoms with van der Waals surface area (Å²) in [6.07, 6.45) is 1.27. The lowest BCUT2D eigenvalue weighted by Gasteiger charge is -2.13. The van der Waals surface area contributed by atoms with Gasteiger partial charge in [-0.25, -0.2) is 9.97 Å². The number of carbonyl (C=O) groups excluding carboxylic acids is 2. The number of ketones is 1. The molecule has 0 spiro atoms. The second kappa shape index (κ2) is 18.3. The van der Waals surface area contributed by atoms with Crippen LogP contribution in [0.15, 0.2) is 84.9 Å². The average Bonchev–Trinajstić information content (AvgIpc) is 3.72. The van der Waals surface area contributed by atoms with Gasteiger partial charge in [0.1, 0.15) is 24.4 Å². The molecular weight excluding hydrogens is 732 g/mol. The monoisotopic (exact) mass is 776 g/mol. The number of aryl methyl sites for hydroxylation is 3. The van der Waals surface area contributed by atoms with E-state index in [1.54, 1.807) is 12.1 Å². The molecular formula is C42H44N6O9. The van der Waals surface area contributed by atoms with Crippen LogP contribution >= 0.6 is 0 Å². The summed E-state index contributed by atoms with van der Waals surface area (Å²) in [4.78, 5) is 65.5. The van der Waals surface area contributed by atoms with Crippen LogP contribution in [0.2, 0.25) is 0 Å². The number of unbranched alkanes of at least 4 members (excludes halogenated alkanes) is 1. The van der Waals surface area contributed by atoms with Gasteiger partial charge in [-0.15, -0.1) is 20.2 Å². The van der Waals surface area contributed by atoms with Crippen LogP contribution in [0.3, 0.4) is 0 Å². The van der Waals surface area contributed by atoms with E-state index < -0.39 is 28.9 Å². The maximum absolute atomic E-state index is 13.4. The Kier molecular flexibility index (Phi) is 12.9. The SMILES string of the molecule is CCCc1nc2c(C)cc(-c3nc4ccccc4n3C)cc2n1Cc1ccc(-c2ccccc2C(=O)CCC(=O)OCCCCC(CO[N+](=O)[O-])O[N+](=O)[O-])cc1. The smallest absolute Gasteiger partial charge is 0.306 e. The van der Waals surface area contributed by atoms with Crippen molar-refractivity contribution in [3.63, 3.8) is 0 Å². The van der Waals surface area contributed by atoms with Crippen LogP contribution in [0.25, 0.3) is 44.6 Å². The average molecular weight is 777 g/mol. The molecule has 0 saturated carbocycles. The Labute approximate surface area is 328 Å². The molecule has 15 heteroatoms. The molecule has 0 radical (unpaired) electrons. The normalized spacial score (nSPS) is 11.8. The van der Waals surface area contributed by atoms with Crippen LogP contribution in [0.5, 0.6) is 0 Å². The van der Waals surface area contributed by atoms with Crippen LogP contribution in [-0.4, -0.2) is 60.3 Å². The van der Waals surface area contributed by atoms with Gasteiger partial charge >= 0.3 is 5.97 Å². The van der Waals surface area contributed by atoms with E-state index in [9.17, 15) is 29.8 Å². The van der Waals surface area contributed by atoms with Gasteiger partial charge in [0.2, 0.25) is 0 Å². The Hall–Kier alpha value is -6.64. The van der Waals surface area contributed by atoms with Gasteiger partial charge in [-0.2, -0.15) is 0 Å². The molecule has 4 aromatic carbocycles. The number of nitrogens with zero attached hydrogens (tertiary/aromatic N) is 6. The molecule has 1 unspecified atom stereocenters.